The van der Waals surface area contributed by atoms with Gasteiger partial charge in [-0.25, -0.2) is 0 Å². The molecule has 0 saturated carbocycles. The second-order valence-electron chi connectivity index (χ2n) is 2.20. The van der Waals surface area contributed by atoms with Crippen molar-refractivity contribution in [3.63, 3.8) is 0 Å². The maximum absolute atomic E-state index is 11.0. The second kappa shape index (κ2) is 4.52. The molecule has 1 aromatic rings. The highest BCUT2D eigenvalue weighted by molar-refractivity contribution is 7.74. The number of rotatable bonds is 2. The van der Waals surface area contributed by atoms with E-state index in [0.29, 0.717) is 5.75 Å². The van der Waals surface area contributed by atoms with Gasteiger partial charge >= 0.3 is 0 Å². The molecule has 0 radical (unpaired) electrons. The molecule has 0 amide bonds. The van der Waals surface area contributed by atoms with Gasteiger partial charge in [-0.05, 0) is 5.56 Å². The van der Waals surface area contributed by atoms with Crippen LogP contribution in [0.25, 0.3) is 0 Å². The van der Waals surface area contributed by atoms with E-state index < -0.39 is 10.6 Å². The fourth-order valence-corrected chi connectivity index (χ4v) is 1.52. The van der Waals surface area contributed by atoms with Crippen LogP contribution in [0.5, 0.6) is 0 Å². The third-order valence-electron chi connectivity index (χ3n) is 1.32. The molecule has 0 fully saturated rings. The lowest BCUT2D eigenvalue weighted by atomic mass is 10.2. The van der Waals surface area contributed by atoms with Crippen LogP contribution in [-0.2, 0) is 16.3 Å². The first-order chi connectivity index (χ1) is 5.83. The highest BCUT2D eigenvalue weighted by Crippen LogP contribution is 1.99. The number of hydrogen-bond donors (Lipinski definition) is 1. The Kier molecular flexibility index (Phi) is 3.30. The predicted octanol–water partition coefficient (Wildman–Crippen LogP) is 1.33. The first-order valence-corrected chi connectivity index (χ1v) is 4.81. The maximum atomic E-state index is 11.0. The average Bonchev–Trinajstić information content (AvgIpc) is 2.06. The van der Waals surface area contributed by atoms with Crippen molar-refractivity contribution in [2.75, 3.05) is 0 Å². The predicted molar refractivity (Wildman–Crippen MR) is 47.7 cm³/mol. The van der Waals surface area contributed by atoms with Crippen molar-refractivity contribution in [1.82, 2.24) is 0 Å². The molecular formula is C8H8N2OS. The summed E-state index contributed by atoms with van der Waals surface area (Å²) in [6, 6.07) is 9.34. The van der Waals surface area contributed by atoms with Gasteiger partial charge in [-0.2, -0.15) is 5.26 Å². The number of nitriles is 1. The Morgan fingerprint density at radius 3 is 2.67 bits per heavy atom. The van der Waals surface area contributed by atoms with Crippen LogP contribution < -0.4 is 0 Å². The lowest BCUT2D eigenvalue weighted by Crippen LogP contribution is -1.84. The van der Waals surface area contributed by atoms with E-state index in [1.807, 2.05) is 30.3 Å². The van der Waals surface area contributed by atoms with Crippen LogP contribution in [0.4, 0.5) is 0 Å². The molecule has 12 heavy (non-hydrogen) atoms. The summed E-state index contributed by atoms with van der Waals surface area (Å²) in [5.74, 6) is 0.351. The summed E-state index contributed by atoms with van der Waals surface area (Å²) >= 11 is 0. The molecular weight excluding hydrogens is 172 g/mol. The van der Waals surface area contributed by atoms with Crippen molar-refractivity contribution in [1.29, 1.82) is 5.26 Å². The molecule has 0 saturated heterocycles. The Morgan fingerprint density at radius 2 is 2.08 bits per heavy atom. The van der Waals surface area contributed by atoms with Crippen molar-refractivity contribution in [3.05, 3.63) is 35.9 Å². The van der Waals surface area contributed by atoms with Crippen LogP contribution in [0.2, 0.25) is 0 Å². The van der Waals surface area contributed by atoms with Crippen molar-refractivity contribution in [2.24, 2.45) is 4.36 Å². The van der Waals surface area contributed by atoms with Crippen LogP contribution in [0.3, 0.4) is 0 Å². The van der Waals surface area contributed by atoms with E-state index in [-0.39, 0.29) is 0 Å². The van der Waals surface area contributed by atoms with Crippen LogP contribution in [0, 0.1) is 11.5 Å². The zero-order chi connectivity index (χ0) is 8.81. The third kappa shape index (κ3) is 2.72. The standard InChI is InChI=1S/C8H8N2OS/c9-7-10-12(11)6-8-4-2-1-3-5-8/h1-5,12H,6H2. The minimum absolute atomic E-state index is 0.351. The highest BCUT2D eigenvalue weighted by atomic mass is 32.2. The van der Waals surface area contributed by atoms with Crippen LogP contribution >= 0.6 is 0 Å². The van der Waals surface area contributed by atoms with E-state index in [4.69, 9.17) is 5.26 Å². The maximum Gasteiger partial charge on any atom is 0.214 e. The first-order valence-electron chi connectivity index (χ1n) is 3.41. The largest absolute Gasteiger partial charge is 0.251 e. The second-order valence-corrected chi connectivity index (χ2v) is 3.42. The molecule has 0 N–H and O–H groups in total. The zero-order valence-electron chi connectivity index (χ0n) is 6.34. The lowest BCUT2D eigenvalue weighted by Gasteiger charge is -1.92. The van der Waals surface area contributed by atoms with Gasteiger partial charge in [0.25, 0.3) is 0 Å². The summed E-state index contributed by atoms with van der Waals surface area (Å²) < 4.78 is 14.2. The summed E-state index contributed by atoms with van der Waals surface area (Å²) in [5, 5.41) is 8.11. The van der Waals surface area contributed by atoms with Gasteiger partial charge in [0.2, 0.25) is 6.19 Å². The number of thiol groups is 1. The van der Waals surface area contributed by atoms with Crippen LogP contribution in [0.1, 0.15) is 5.56 Å². The summed E-state index contributed by atoms with van der Waals surface area (Å²) in [6.45, 7) is 0. The zero-order valence-corrected chi connectivity index (χ0v) is 7.24. The summed E-state index contributed by atoms with van der Waals surface area (Å²) in [6.07, 6.45) is 1.53. The SMILES string of the molecule is N#C/N=[SH](=O)/Cc1ccccc1. The van der Waals surface area contributed by atoms with Gasteiger partial charge in [0.05, 0.1) is 16.3 Å². The van der Waals surface area contributed by atoms with E-state index in [1.54, 1.807) is 0 Å². The highest BCUT2D eigenvalue weighted by Gasteiger charge is 1.89. The molecule has 0 aliphatic carbocycles. The van der Waals surface area contributed by atoms with E-state index in [9.17, 15) is 4.21 Å². The molecule has 1 atom stereocenters. The van der Waals surface area contributed by atoms with Gasteiger partial charge in [0, 0.05) is 0 Å². The van der Waals surface area contributed by atoms with Gasteiger partial charge in [0.15, 0.2) is 0 Å². The van der Waals surface area contributed by atoms with Crippen molar-refractivity contribution < 1.29 is 4.21 Å². The van der Waals surface area contributed by atoms with Crippen molar-refractivity contribution in [2.45, 2.75) is 5.75 Å². The van der Waals surface area contributed by atoms with Gasteiger partial charge in [-0.3, -0.25) is 4.21 Å². The Bertz CT molecular complexity index is 360. The van der Waals surface area contributed by atoms with Gasteiger partial charge < -0.3 is 0 Å². The van der Waals surface area contributed by atoms with Gasteiger partial charge in [-0.15, -0.1) is 4.36 Å². The normalized spacial score (nSPS) is 12.2. The molecule has 1 aromatic carbocycles. The summed E-state index contributed by atoms with van der Waals surface area (Å²) in [5.41, 5.74) is 0.942. The minimum atomic E-state index is -1.74. The molecule has 0 aliphatic heterocycles. The molecule has 62 valence electrons. The lowest BCUT2D eigenvalue weighted by molar-refractivity contribution is 0.688. The fourth-order valence-electron chi connectivity index (χ4n) is 0.825. The van der Waals surface area contributed by atoms with Gasteiger partial charge in [-0.1, -0.05) is 30.3 Å². The molecule has 4 heteroatoms. The monoisotopic (exact) mass is 180 g/mol. The third-order valence-corrected chi connectivity index (χ3v) is 2.27. The molecule has 0 aliphatic rings. The molecule has 1 rings (SSSR count). The topological polar surface area (TPSA) is 53.2 Å². The Balaban J connectivity index is 2.73. The van der Waals surface area contributed by atoms with Crippen LogP contribution in [-0.4, -0.2) is 4.21 Å². The fraction of sp³-hybridized carbons (Fsp3) is 0.125. The van der Waals surface area contributed by atoms with E-state index in [2.05, 4.69) is 4.36 Å². The number of hydrogen-bond acceptors (Lipinski definition) is 3. The Morgan fingerprint density at radius 1 is 1.42 bits per heavy atom. The first kappa shape index (κ1) is 8.75. The molecule has 0 aromatic heterocycles. The van der Waals surface area contributed by atoms with E-state index in [0.717, 1.165) is 5.56 Å². The smallest absolute Gasteiger partial charge is 0.214 e. The quantitative estimate of drug-likeness (QED) is 0.551. The van der Waals surface area contributed by atoms with Gasteiger partial charge in [0.1, 0.15) is 0 Å². The average molecular weight is 180 g/mol. The summed E-state index contributed by atoms with van der Waals surface area (Å²) in [4.78, 5) is 0. The van der Waals surface area contributed by atoms with Crippen LogP contribution in [0.15, 0.2) is 34.7 Å². The Labute approximate surface area is 72.9 Å². The van der Waals surface area contributed by atoms with E-state index >= 15 is 0 Å². The van der Waals surface area contributed by atoms with E-state index in [1.165, 1.54) is 6.19 Å². The number of nitrogens with zero attached hydrogens (tertiary/aromatic N) is 2. The molecule has 0 spiro atoms. The molecule has 0 heterocycles. The van der Waals surface area contributed by atoms with Crippen molar-refractivity contribution >= 4 is 10.6 Å². The minimum Gasteiger partial charge on any atom is -0.251 e. The summed E-state index contributed by atoms with van der Waals surface area (Å²) in [7, 11) is -1.74. The Hall–Kier alpha value is -1.34. The molecule has 3 nitrogen and oxygen atoms in total. The van der Waals surface area contributed by atoms with Crippen molar-refractivity contribution in [3.8, 4) is 6.19 Å². The number of benzene rings is 1. The molecule has 0 bridgehead atoms. The molecule has 1 unspecified atom stereocenters.